The van der Waals surface area contributed by atoms with Crippen LogP contribution in [-0.2, 0) is 4.74 Å². The summed E-state index contributed by atoms with van der Waals surface area (Å²) in [6.45, 7) is 8.13. The molecule has 23 heavy (non-hydrogen) atoms. The van der Waals surface area contributed by atoms with Gasteiger partial charge in [-0.1, -0.05) is 6.07 Å². The smallest absolute Gasteiger partial charge is 0.254 e. The van der Waals surface area contributed by atoms with E-state index >= 15 is 0 Å². The van der Waals surface area contributed by atoms with E-state index in [0.29, 0.717) is 17.3 Å². The molecule has 1 aliphatic rings. The van der Waals surface area contributed by atoms with Gasteiger partial charge in [0.15, 0.2) is 0 Å². The van der Waals surface area contributed by atoms with Crippen molar-refractivity contribution in [3.8, 4) is 0 Å². The number of rotatable bonds is 4. The Morgan fingerprint density at radius 2 is 2.04 bits per heavy atom. The van der Waals surface area contributed by atoms with Crippen molar-refractivity contribution in [1.82, 2.24) is 9.80 Å². The van der Waals surface area contributed by atoms with Crippen LogP contribution in [-0.4, -0.2) is 61.6 Å². The van der Waals surface area contributed by atoms with E-state index in [1.807, 2.05) is 24.0 Å². The van der Waals surface area contributed by atoms with Crippen LogP contribution in [0.25, 0.3) is 0 Å². The van der Waals surface area contributed by atoms with E-state index in [1.165, 1.54) is 0 Å². The van der Waals surface area contributed by atoms with E-state index < -0.39 is 0 Å². The fourth-order valence-electron chi connectivity index (χ4n) is 2.76. The Hall–Kier alpha value is -1.01. The molecule has 1 unspecified atom stereocenters. The minimum atomic E-state index is 0. The second kappa shape index (κ2) is 9.98. The van der Waals surface area contributed by atoms with Crippen molar-refractivity contribution in [2.24, 2.45) is 0 Å². The van der Waals surface area contributed by atoms with E-state index in [0.717, 1.165) is 38.3 Å². The number of nitrogen functional groups attached to an aromatic ring is 1. The van der Waals surface area contributed by atoms with Gasteiger partial charge in [-0.15, -0.1) is 24.8 Å². The zero-order valence-electron chi connectivity index (χ0n) is 13.9. The van der Waals surface area contributed by atoms with Crippen molar-refractivity contribution in [2.45, 2.75) is 19.9 Å². The van der Waals surface area contributed by atoms with Crippen LogP contribution < -0.4 is 5.73 Å². The first-order valence-electron chi connectivity index (χ1n) is 7.41. The summed E-state index contributed by atoms with van der Waals surface area (Å²) in [5, 5.41) is 0. The highest BCUT2D eigenvalue weighted by Gasteiger charge is 2.27. The van der Waals surface area contributed by atoms with Gasteiger partial charge in [0, 0.05) is 50.6 Å². The molecule has 1 atom stereocenters. The first-order chi connectivity index (χ1) is 10.0. The van der Waals surface area contributed by atoms with Gasteiger partial charge in [0.1, 0.15) is 0 Å². The van der Waals surface area contributed by atoms with Gasteiger partial charge in [-0.2, -0.15) is 0 Å². The van der Waals surface area contributed by atoms with Crippen molar-refractivity contribution in [2.75, 3.05) is 45.6 Å². The predicted octanol–water partition coefficient (Wildman–Crippen LogP) is 2.21. The maximum Gasteiger partial charge on any atom is 0.254 e. The summed E-state index contributed by atoms with van der Waals surface area (Å²) in [7, 11) is 1.72. The lowest BCUT2D eigenvalue weighted by atomic mass is 10.1. The van der Waals surface area contributed by atoms with E-state index in [1.54, 1.807) is 13.2 Å². The van der Waals surface area contributed by atoms with Gasteiger partial charge in [0.2, 0.25) is 0 Å². The molecule has 1 saturated heterocycles. The van der Waals surface area contributed by atoms with Gasteiger partial charge < -0.3 is 15.4 Å². The van der Waals surface area contributed by atoms with Crippen molar-refractivity contribution in [1.29, 1.82) is 0 Å². The molecule has 0 saturated carbocycles. The molecule has 0 aromatic heterocycles. The summed E-state index contributed by atoms with van der Waals surface area (Å²) in [4.78, 5) is 17.0. The molecular weight excluding hydrogens is 337 g/mol. The second-order valence-corrected chi connectivity index (χ2v) is 5.70. The van der Waals surface area contributed by atoms with E-state index in [4.69, 9.17) is 10.5 Å². The molecular formula is C16H27Cl2N3O2. The predicted molar refractivity (Wildman–Crippen MR) is 98.9 cm³/mol. The van der Waals surface area contributed by atoms with Crippen LogP contribution in [0.5, 0.6) is 0 Å². The number of carbonyl (C=O) groups is 1. The number of anilines is 1. The van der Waals surface area contributed by atoms with Crippen LogP contribution in [0.1, 0.15) is 22.8 Å². The Morgan fingerprint density at radius 3 is 2.65 bits per heavy atom. The minimum absolute atomic E-state index is 0. The largest absolute Gasteiger partial charge is 0.399 e. The van der Waals surface area contributed by atoms with Crippen molar-refractivity contribution in [3.05, 3.63) is 29.3 Å². The third-order valence-electron chi connectivity index (χ3n) is 4.13. The topological polar surface area (TPSA) is 58.8 Å². The summed E-state index contributed by atoms with van der Waals surface area (Å²) < 4.78 is 5.13. The van der Waals surface area contributed by atoms with Gasteiger partial charge >= 0.3 is 0 Å². The standard InChI is InChI=1S/C16H25N3O2.2ClH/c1-12-4-5-14(17)10-15(12)16(20)19-7-6-18(8-9-21-3)13(2)11-19;;/h4-5,10,13H,6-9,11,17H2,1-3H3;2*1H. The van der Waals surface area contributed by atoms with Gasteiger partial charge in [-0.3, -0.25) is 9.69 Å². The van der Waals surface area contributed by atoms with Crippen LogP contribution in [0.3, 0.4) is 0 Å². The quantitative estimate of drug-likeness (QED) is 0.833. The molecule has 1 aromatic carbocycles. The molecule has 132 valence electrons. The van der Waals surface area contributed by atoms with E-state index in [2.05, 4.69) is 11.8 Å². The molecule has 0 aliphatic carbocycles. The average molecular weight is 364 g/mol. The summed E-state index contributed by atoms with van der Waals surface area (Å²) in [5.41, 5.74) is 8.13. The molecule has 2 rings (SSSR count). The lowest BCUT2D eigenvalue weighted by molar-refractivity contribution is 0.0434. The highest BCUT2D eigenvalue weighted by molar-refractivity contribution is 5.96. The number of carbonyl (C=O) groups excluding carboxylic acids is 1. The van der Waals surface area contributed by atoms with Crippen LogP contribution in [0.2, 0.25) is 0 Å². The molecule has 1 aromatic rings. The number of hydrogen-bond donors (Lipinski definition) is 1. The number of ether oxygens (including phenoxy) is 1. The highest BCUT2D eigenvalue weighted by atomic mass is 35.5. The third kappa shape index (κ3) is 5.53. The van der Waals surface area contributed by atoms with Gasteiger partial charge in [-0.05, 0) is 31.5 Å². The van der Waals surface area contributed by atoms with Gasteiger partial charge in [-0.25, -0.2) is 0 Å². The Morgan fingerprint density at radius 1 is 1.35 bits per heavy atom. The Kier molecular flexibility index (Phi) is 9.54. The maximum atomic E-state index is 12.7. The number of hydrogen-bond acceptors (Lipinski definition) is 4. The molecule has 1 aliphatic heterocycles. The molecule has 0 radical (unpaired) electrons. The maximum absolute atomic E-state index is 12.7. The zero-order valence-corrected chi connectivity index (χ0v) is 15.6. The van der Waals surface area contributed by atoms with Crippen LogP contribution in [0.15, 0.2) is 18.2 Å². The lowest BCUT2D eigenvalue weighted by Gasteiger charge is -2.40. The third-order valence-corrected chi connectivity index (χ3v) is 4.13. The fourth-order valence-corrected chi connectivity index (χ4v) is 2.76. The molecule has 1 heterocycles. The molecule has 2 N–H and O–H groups in total. The van der Waals surface area contributed by atoms with Crippen LogP contribution in [0, 0.1) is 6.92 Å². The number of nitrogens with zero attached hydrogens (tertiary/aromatic N) is 2. The monoisotopic (exact) mass is 363 g/mol. The fraction of sp³-hybridized carbons (Fsp3) is 0.562. The molecule has 5 nitrogen and oxygen atoms in total. The number of amides is 1. The SMILES string of the molecule is COCCN1CCN(C(=O)c2cc(N)ccc2C)CC1C.Cl.Cl. The summed E-state index contributed by atoms with van der Waals surface area (Å²) in [6.07, 6.45) is 0. The van der Waals surface area contributed by atoms with Crippen molar-refractivity contribution < 1.29 is 9.53 Å². The number of piperazine rings is 1. The molecule has 7 heteroatoms. The number of aryl methyl sites for hydroxylation is 1. The first kappa shape index (κ1) is 22.0. The average Bonchev–Trinajstić information content (AvgIpc) is 2.47. The molecule has 0 spiro atoms. The number of methoxy groups -OCH3 is 1. The molecule has 1 amide bonds. The second-order valence-electron chi connectivity index (χ2n) is 5.70. The van der Waals surface area contributed by atoms with E-state index in [9.17, 15) is 4.79 Å². The summed E-state index contributed by atoms with van der Waals surface area (Å²) in [5.74, 6) is 0.0815. The minimum Gasteiger partial charge on any atom is -0.399 e. The van der Waals surface area contributed by atoms with Crippen LogP contribution in [0.4, 0.5) is 5.69 Å². The number of nitrogens with two attached hydrogens (primary N) is 1. The summed E-state index contributed by atoms with van der Waals surface area (Å²) >= 11 is 0. The lowest BCUT2D eigenvalue weighted by Crippen LogP contribution is -2.54. The summed E-state index contributed by atoms with van der Waals surface area (Å²) in [6, 6.07) is 5.86. The Bertz CT molecular complexity index is 514. The van der Waals surface area contributed by atoms with Crippen molar-refractivity contribution >= 4 is 36.4 Å². The highest BCUT2D eigenvalue weighted by Crippen LogP contribution is 2.18. The Labute approximate surface area is 151 Å². The first-order valence-corrected chi connectivity index (χ1v) is 7.41. The number of halogens is 2. The van der Waals surface area contributed by atoms with Crippen molar-refractivity contribution in [3.63, 3.8) is 0 Å². The number of benzene rings is 1. The Balaban J connectivity index is 0.00000242. The molecule has 1 fully saturated rings. The van der Waals surface area contributed by atoms with Gasteiger partial charge in [0.05, 0.1) is 6.61 Å². The molecule has 0 bridgehead atoms. The van der Waals surface area contributed by atoms with Crippen LogP contribution >= 0.6 is 24.8 Å². The normalized spacial score (nSPS) is 18.0. The zero-order chi connectivity index (χ0) is 15.4. The van der Waals surface area contributed by atoms with E-state index in [-0.39, 0.29) is 30.7 Å². The van der Waals surface area contributed by atoms with Gasteiger partial charge in [0.25, 0.3) is 5.91 Å².